The van der Waals surface area contributed by atoms with E-state index < -0.39 is 6.10 Å². The highest BCUT2D eigenvalue weighted by Crippen LogP contribution is 2.32. The van der Waals surface area contributed by atoms with E-state index in [9.17, 15) is 9.59 Å². The zero-order chi connectivity index (χ0) is 19.5. The molecule has 0 spiro atoms. The highest BCUT2D eigenvalue weighted by atomic mass is 16.6. The fourth-order valence-corrected chi connectivity index (χ4v) is 3.65. The minimum absolute atomic E-state index is 0.0404. The molecule has 2 aliphatic heterocycles. The molecule has 8 nitrogen and oxygen atoms in total. The van der Waals surface area contributed by atoms with Gasteiger partial charge in [0, 0.05) is 24.7 Å². The average Bonchev–Trinajstić information content (AvgIpc) is 3.21. The monoisotopic (exact) mass is 385 g/mol. The molecule has 1 unspecified atom stereocenters. The molecule has 1 N–H and O–H groups in total. The molecular weight excluding hydrogens is 362 g/mol. The number of nitrogens with zero attached hydrogens (tertiary/aromatic N) is 2. The number of benzene rings is 1. The van der Waals surface area contributed by atoms with E-state index in [1.807, 2.05) is 35.2 Å². The van der Waals surface area contributed by atoms with Crippen LogP contribution in [0.3, 0.4) is 0 Å². The maximum absolute atomic E-state index is 12.8. The second kappa shape index (κ2) is 7.92. The van der Waals surface area contributed by atoms with Gasteiger partial charge in [-0.25, -0.2) is 0 Å². The van der Waals surface area contributed by atoms with E-state index in [1.165, 1.54) is 7.11 Å². The van der Waals surface area contributed by atoms with Crippen molar-refractivity contribution in [3.05, 3.63) is 41.7 Å². The zero-order valence-corrected chi connectivity index (χ0v) is 15.7. The third-order valence-corrected chi connectivity index (χ3v) is 5.22. The van der Waals surface area contributed by atoms with Crippen LogP contribution in [0.1, 0.15) is 30.1 Å². The third kappa shape index (κ3) is 3.81. The Hall–Kier alpha value is -3.03. The van der Waals surface area contributed by atoms with Crippen molar-refractivity contribution < 1.29 is 23.8 Å². The number of hydrogen-bond donors (Lipinski definition) is 1. The molecular formula is C20H23N3O5. The zero-order valence-electron chi connectivity index (χ0n) is 15.7. The van der Waals surface area contributed by atoms with Gasteiger partial charge in [0.25, 0.3) is 5.91 Å². The first kappa shape index (κ1) is 18.3. The first-order valence-electron chi connectivity index (χ1n) is 9.42. The van der Waals surface area contributed by atoms with Crippen LogP contribution in [-0.4, -0.2) is 59.9 Å². The number of H-pyrrole nitrogens is 1. The molecule has 4 rings (SSSR count). The number of amides is 1. The summed E-state index contributed by atoms with van der Waals surface area (Å²) in [6, 6.07) is 9.29. The average molecular weight is 385 g/mol. The van der Waals surface area contributed by atoms with Crippen LogP contribution in [0.15, 0.2) is 30.3 Å². The van der Waals surface area contributed by atoms with Gasteiger partial charge in [-0.3, -0.25) is 14.7 Å². The molecule has 0 bridgehead atoms. The van der Waals surface area contributed by atoms with Crippen LogP contribution in [0.4, 0.5) is 0 Å². The minimum Gasteiger partial charge on any atom is -0.485 e. The number of ether oxygens (including phenoxy) is 3. The summed E-state index contributed by atoms with van der Waals surface area (Å²) in [7, 11) is 1.37. The van der Waals surface area contributed by atoms with Crippen LogP contribution in [0.25, 0.3) is 0 Å². The molecule has 1 saturated heterocycles. The third-order valence-electron chi connectivity index (χ3n) is 5.22. The number of methoxy groups -OCH3 is 1. The Balaban J connectivity index is 1.32. The summed E-state index contributed by atoms with van der Waals surface area (Å²) in [6.45, 7) is 1.51. The Kier molecular flexibility index (Phi) is 5.18. The number of rotatable bonds is 4. The normalized spacial score (nSPS) is 19.3. The van der Waals surface area contributed by atoms with Gasteiger partial charge in [0.2, 0.25) is 6.10 Å². The molecule has 1 amide bonds. The Labute approximate surface area is 162 Å². The van der Waals surface area contributed by atoms with E-state index in [0.29, 0.717) is 24.6 Å². The lowest BCUT2D eigenvalue weighted by Gasteiger charge is -2.35. The van der Waals surface area contributed by atoms with E-state index in [2.05, 4.69) is 14.9 Å². The first-order valence-corrected chi connectivity index (χ1v) is 9.42. The van der Waals surface area contributed by atoms with Crippen molar-refractivity contribution in [3.8, 4) is 11.5 Å². The standard InChI is InChI=1S/C20H23N3O5/c1-26-19(24)11-14-10-15(22-21-14)13-6-8-23(9-7-13)20(25)18-12-27-16-4-2-3-5-17(16)28-18/h2-5,10,13,18H,6-9,11-12H2,1H3,(H,21,22). The van der Waals surface area contributed by atoms with Gasteiger partial charge in [-0.05, 0) is 31.0 Å². The van der Waals surface area contributed by atoms with Crippen LogP contribution >= 0.6 is 0 Å². The van der Waals surface area contributed by atoms with Gasteiger partial charge in [-0.15, -0.1) is 0 Å². The summed E-state index contributed by atoms with van der Waals surface area (Å²) in [5.41, 5.74) is 1.67. The summed E-state index contributed by atoms with van der Waals surface area (Å²) >= 11 is 0. The van der Waals surface area contributed by atoms with Gasteiger partial charge in [0.1, 0.15) is 6.61 Å². The smallest absolute Gasteiger partial charge is 0.311 e. The van der Waals surface area contributed by atoms with Crippen LogP contribution < -0.4 is 9.47 Å². The van der Waals surface area contributed by atoms with Crippen molar-refractivity contribution in [1.29, 1.82) is 0 Å². The van der Waals surface area contributed by atoms with Crippen LogP contribution in [0.2, 0.25) is 0 Å². The lowest BCUT2D eigenvalue weighted by Crippen LogP contribution is -2.48. The number of nitrogens with one attached hydrogen (secondary N) is 1. The molecule has 148 valence electrons. The van der Waals surface area contributed by atoms with E-state index in [4.69, 9.17) is 9.47 Å². The molecule has 8 heteroatoms. The Morgan fingerprint density at radius 3 is 2.75 bits per heavy atom. The quantitative estimate of drug-likeness (QED) is 0.805. The number of fused-ring (bicyclic) bond motifs is 1. The Morgan fingerprint density at radius 1 is 1.25 bits per heavy atom. The molecule has 0 aliphatic carbocycles. The van der Waals surface area contributed by atoms with E-state index >= 15 is 0 Å². The number of piperidine rings is 1. The van der Waals surface area contributed by atoms with Crippen molar-refractivity contribution in [3.63, 3.8) is 0 Å². The summed E-state index contributed by atoms with van der Waals surface area (Å²) in [5.74, 6) is 1.20. The molecule has 2 aromatic rings. The van der Waals surface area contributed by atoms with Gasteiger partial charge in [0.15, 0.2) is 11.5 Å². The molecule has 2 aliphatic rings. The number of para-hydroxylation sites is 2. The SMILES string of the molecule is COC(=O)Cc1cc(C2CCN(C(=O)C3COc4ccccc4O3)CC2)n[nH]1. The minimum atomic E-state index is -0.608. The van der Waals surface area contributed by atoms with E-state index in [0.717, 1.165) is 24.2 Å². The molecule has 1 aromatic heterocycles. The summed E-state index contributed by atoms with van der Waals surface area (Å²) in [5, 5.41) is 7.23. The highest BCUT2D eigenvalue weighted by molar-refractivity contribution is 5.82. The Morgan fingerprint density at radius 2 is 2.00 bits per heavy atom. The van der Waals surface area contributed by atoms with Crippen LogP contribution in [-0.2, 0) is 20.7 Å². The number of likely N-dealkylation sites (tertiary alicyclic amines) is 1. The number of hydrogen-bond acceptors (Lipinski definition) is 6. The van der Waals surface area contributed by atoms with Crippen LogP contribution in [0.5, 0.6) is 11.5 Å². The summed E-state index contributed by atoms with van der Waals surface area (Å²) in [6.07, 6.45) is 1.21. The van der Waals surface area contributed by atoms with Gasteiger partial charge in [-0.1, -0.05) is 12.1 Å². The summed E-state index contributed by atoms with van der Waals surface area (Å²) in [4.78, 5) is 26.0. The highest BCUT2D eigenvalue weighted by Gasteiger charge is 2.33. The number of carbonyl (C=O) groups excluding carboxylic acids is 2. The fourth-order valence-electron chi connectivity index (χ4n) is 3.65. The predicted octanol–water partition coefficient (Wildman–Crippen LogP) is 1.67. The van der Waals surface area contributed by atoms with Gasteiger partial charge >= 0.3 is 5.97 Å². The largest absolute Gasteiger partial charge is 0.485 e. The molecule has 28 heavy (non-hydrogen) atoms. The van der Waals surface area contributed by atoms with Crippen molar-refractivity contribution in [1.82, 2.24) is 15.1 Å². The first-order chi connectivity index (χ1) is 13.6. The Bertz CT molecular complexity index is 857. The number of aromatic nitrogens is 2. The lowest BCUT2D eigenvalue weighted by molar-refractivity contribution is -0.142. The van der Waals surface area contributed by atoms with Gasteiger partial charge in [0.05, 0.1) is 19.2 Å². The lowest BCUT2D eigenvalue weighted by atomic mass is 9.93. The van der Waals surface area contributed by atoms with Gasteiger partial charge < -0.3 is 19.1 Å². The molecule has 0 saturated carbocycles. The molecule has 1 aromatic carbocycles. The number of esters is 1. The maximum atomic E-state index is 12.8. The number of carbonyl (C=O) groups is 2. The topological polar surface area (TPSA) is 93.8 Å². The second-order valence-corrected chi connectivity index (χ2v) is 7.03. The maximum Gasteiger partial charge on any atom is 0.311 e. The van der Waals surface area contributed by atoms with Crippen LogP contribution in [0, 0.1) is 0 Å². The predicted molar refractivity (Wildman–Crippen MR) is 99.2 cm³/mol. The number of aromatic amines is 1. The molecule has 0 radical (unpaired) electrons. The molecule has 1 atom stereocenters. The van der Waals surface area contributed by atoms with Crippen molar-refractivity contribution in [2.45, 2.75) is 31.3 Å². The van der Waals surface area contributed by atoms with E-state index in [-0.39, 0.29) is 30.8 Å². The van der Waals surface area contributed by atoms with Crippen molar-refractivity contribution >= 4 is 11.9 Å². The molecule has 1 fully saturated rings. The second-order valence-electron chi connectivity index (χ2n) is 7.03. The van der Waals surface area contributed by atoms with E-state index in [1.54, 1.807) is 0 Å². The van der Waals surface area contributed by atoms with Crippen molar-refractivity contribution in [2.24, 2.45) is 0 Å². The summed E-state index contributed by atoms with van der Waals surface area (Å²) < 4.78 is 16.2. The molecule has 3 heterocycles. The van der Waals surface area contributed by atoms with Crippen molar-refractivity contribution in [2.75, 3.05) is 26.8 Å². The fraction of sp³-hybridized carbons (Fsp3) is 0.450. The van der Waals surface area contributed by atoms with Gasteiger partial charge in [-0.2, -0.15) is 5.10 Å².